The molecule has 1 aromatic rings. The maximum atomic E-state index is 12.5. The normalized spacial score (nSPS) is 16.3. The Bertz CT molecular complexity index is 583. The molecule has 1 aliphatic heterocycles. The molecule has 6 nitrogen and oxygen atoms in total. The van der Waals surface area contributed by atoms with Gasteiger partial charge in [-0.3, -0.25) is 9.59 Å². The maximum absolute atomic E-state index is 12.5. The van der Waals surface area contributed by atoms with Crippen LogP contribution in [0.15, 0.2) is 29.2 Å². The average molecular weight is 416 g/mol. The number of rotatable bonds is 10. The number of hydrogen-bond acceptors (Lipinski definition) is 5. The third-order valence-corrected chi connectivity index (χ3v) is 5.43. The van der Waals surface area contributed by atoms with Crippen LogP contribution in [0.4, 0.5) is 0 Å². The maximum Gasteiger partial charge on any atom is 0.252 e. The lowest BCUT2D eigenvalue weighted by Crippen LogP contribution is -2.33. The molecule has 1 saturated heterocycles. The highest BCUT2D eigenvalue weighted by atomic mass is 35.5. The molecule has 152 valence electrons. The zero-order chi connectivity index (χ0) is 18.6. The van der Waals surface area contributed by atoms with Gasteiger partial charge in [-0.15, -0.1) is 24.2 Å². The molecule has 27 heavy (non-hydrogen) atoms. The highest BCUT2D eigenvalue weighted by molar-refractivity contribution is 8.00. The van der Waals surface area contributed by atoms with Gasteiger partial charge in [0, 0.05) is 25.1 Å². The van der Waals surface area contributed by atoms with Gasteiger partial charge in [0.25, 0.3) is 5.91 Å². The smallest absolute Gasteiger partial charge is 0.252 e. The largest absolute Gasteiger partial charge is 0.383 e. The van der Waals surface area contributed by atoms with E-state index in [0.29, 0.717) is 31.2 Å². The van der Waals surface area contributed by atoms with Crippen LogP contribution in [0.2, 0.25) is 0 Å². The van der Waals surface area contributed by atoms with Gasteiger partial charge in [-0.05, 0) is 50.4 Å². The Labute approximate surface area is 172 Å². The number of thioether (sulfide) groups is 1. The molecule has 0 saturated carbocycles. The van der Waals surface area contributed by atoms with E-state index in [0.717, 1.165) is 24.4 Å². The minimum absolute atomic E-state index is 0. The zero-order valence-corrected chi connectivity index (χ0v) is 17.4. The Morgan fingerprint density at radius 2 is 2.07 bits per heavy atom. The molecule has 1 aromatic carbocycles. The van der Waals surface area contributed by atoms with Crippen LogP contribution >= 0.6 is 24.2 Å². The van der Waals surface area contributed by atoms with Crippen molar-refractivity contribution < 1.29 is 14.3 Å². The Hall–Kier alpha value is -1.28. The van der Waals surface area contributed by atoms with Gasteiger partial charge in [0.2, 0.25) is 5.91 Å². The molecule has 0 bridgehead atoms. The van der Waals surface area contributed by atoms with Crippen LogP contribution in [0.3, 0.4) is 0 Å². The van der Waals surface area contributed by atoms with Crippen molar-refractivity contribution in [3.63, 3.8) is 0 Å². The highest BCUT2D eigenvalue weighted by Crippen LogP contribution is 2.22. The van der Waals surface area contributed by atoms with Gasteiger partial charge in [-0.1, -0.05) is 12.1 Å². The summed E-state index contributed by atoms with van der Waals surface area (Å²) in [6, 6.07) is 7.42. The molecular weight excluding hydrogens is 386 g/mol. The van der Waals surface area contributed by atoms with Crippen molar-refractivity contribution in [3.8, 4) is 0 Å². The van der Waals surface area contributed by atoms with Crippen molar-refractivity contribution >= 4 is 36.0 Å². The molecule has 0 aliphatic carbocycles. The summed E-state index contributed by atoms with van der Waals surface area (Å²) in [5.74, 6) is 0.787. The third kappa shape index (κ3) is 8.97. The molecule has 8 heteroatoms. The van der Waals surface area contributed by atoms with Crippen LogP contribution in [0.5, 0.6) is 0 Å². The number of amides is 2. The highest BCUT2D eigenvalue weighted by Gasteiger charge is 2.15. The van der Waals surface area contributed by atoms with Gasteiger partial charge in [-0.2, -0.15) is 0 Å². The van der Waals surface area contributed by atoms with Crippen LogP contribution < -0.4 is 16.0 Å². The van der Waals surface area contributed by atoms with Crippen LogP contribution in [-0.2, 0) is 9.53 Å². The van der Waals surface area contributed by atoms with Gasteiger partial charge in [-0.25, -0.2) is 0 Å². The Balaban J connectivity index is 0.00000364. The molecule has 2 rings (SSSR count). The molecule has 3 N–H and O–H groups in total. The van der Waals surface area contributed by atoms with E-state index >= 15 is 0 Å². The molecule has 0 aromatic heterocycles. The topological polar surface area (TPSA) is 79.5 Å². The molecule has 2 amide bonds. The first-order chi connectivity index (χ1) is 12.7. The second-order valence-corrected chi connectivity index (χ2v) is 7.40. The van der Waals surface area contributed by atoms with Crippen molar-refractivity contribution in [1.82, 2.24) is 16.0 Å². The van der Waals surface area contributed by atoms with Gasteiger partial charge >= 0.3 is 0 Å². The summed E-state index contributed by atoms with van der Waals surface area (Å²) in [5.41, 5.74) is 0.629. The van der Waals surface area contributed by atoms with Crippen LogP contribution in [0, 0.1) is 5.92 Å². The monoisotopic (exact) mass is 415 g/mol. The number of halogens is 1. The summed E-state index contributed by atoms with van der Waals surface area (Å²) in [7, 11) is 1.60. The predicted molar refractivity (Wildman–Crippen MR) is 112 cm³/mol. The summed E-state index contributed by atoms with van der Waals surface area (Å²) >= 11 is 1.38. The number of methoxy groups -OCH3 is 1. The molecule has 1 fully saturated rings. The number of benzene rings is 1. The number of carbonyl (C=O) groups excluding carboxylic acids is 2. The van der Waals surface area contributed by atoms with E-state index in [9.17, 15) is 9.59 Å². The lowest BCUT2D eigenvalue weighted by molar-refractivity contribution is -0.118. The van der Waals surface area contributed by atoms with E-state index in [1.807, 2.05) is 24.3 Å². The Morgan fingerprint density at radius 1 is 1.26 bits per heavy atom. The Kier molecular flexibility index (Phi) is 12.2. The van der Waals surface area contributed by atoms with Crippen molar-refractivity contribution in [3.05, 3.63) is 29.8 Å². The number of nitrogens with one attached hydrogen (secondary N) is 3. The van der Waals surface area contributed by atoms with E-state index in [1.165, 1.54) is 24.6 Å². The summed E-state index contributed by atoms with van der Waals surface area (Å²) in [6.45, 7) is 3.81. The second kappa shape index (κ2) is 13.8. The molecule has 1 heterocycles. The lowest BCUT2D eigenvalue weighted by Gasteiger charge is -2.22. The summed E-state index contributed by atoms with van der Waals surface area (Å²) in [5, 5.41) is 9.20. The molecule has 0 radical (unpaired) electrons. The van der Waals surface area contributed by atoms with E-state index in [1.54, 1.807) is 7.11 Å². The second-order valence-electron chi connectivity index (χ2n) is 6.38. The van der Waals surface area contributed by atoms with E-state index < -0.39 is 0 Å². The Morgan fingerprint density at radius 3 is 2.81 bits per heavy atom. The molecular formula is C19H30ClN3O3S. The van der Waals surface area contributed by atoms with Gasteiger partial charge in [0.05, 0.1) is 17.9 Å². The van der Waals surface area contributed by atoms with Gasteiger partial charge in [0.1, 0.15) is 0 Å². The van der Waals surface area contributed by atoms with Crippen LogP contribution in [0.1, 0.15) is 29.6 Å². The van der Waals surface area contributed by atoms with Crippen molar-refractivity contribution in [2.45, 2.75) is 24.2 Å². The van der Waals surface area contributed by atoms with Crippen molar-refractivity contribution in [2.75, 3.05) is 45.6 Å². The van der Waals surface area contributed by atoms with Crippen molar-refractivity contribution in [2.24, 2.45) is 5.92 Å². The average Bonchev–Trinajstić information content (AvgIpc) is 2.67. The fraction of sp³-hybridized carbons (Fsp3) is 0.579. The van der Waals surface area contributed by atoms with Gasteiger partial charge in [0.15, 0.2) is 0 Å². The minimum atomic E-state index is -0.0725. The third-order valence-electron chi connectivity index (χ3n) is 4.36. The van der Waals surface area contributed by atoms with E-state index in [4.69, 9.17) is 4.74 Å². The summed E-state index contributed by atoms with van der Waals surface area (Å²) in [4.78, 5) is 25.2. The predicted octanol–water partition coefficient (Wildman–Crippen LogP) is 2.08. The summed E-state index contributed by atoms with van der Waals surface area (Å²) in [6.07, 6.45) is 3.44. The number of hydrogen-bond donors (Lipinski definition) is 3. The van der Waals surface area contributed by atoms with E-state index in [2.05, 4.69) is 16.0 Å². The number of ether oxygens (including phenoxy) is 1. The molecule has 1 unspecified atom stereocenters. The van der Waals surface area contributed by atoms with Crippen LogP contribution in [0.25, 0.3) is 0 Å². The molecule has 1 aliphatic rings. The lowest BCUT2D eigenvalue weighted by atomic mass is 9.96. The van der Waals surface area contributed by atoms with E-state index in [-0.39, 0.29) is 30.0 Å². The first kappa shape index (κ1) is 23.8. The quantitative estimate of drug-likeness (QED) is 0.402. The first-order valence-electron chi connectivity index (χ1n) is 9.17. The standard InChI is InChI=1S/C19H29N3O3S.ClH/c1-25-12-11-21-18(23)14-26-17-7-3-2-6-16(17)19(24)22-10-8-15-5-4-9-20-13-15;/h2-3,6-7,15,20H,4-5,8-14H2,1H3,(H,21,23)(H,22,24);1H. The minimum Gasteiger partial charge on any atom is -0.383 e. The molecule has 0 spiro atoms. The number of piperidine rings is 1. The number of carbonyl (C=O) groups is 2. The summed E-state index contributed by atoms with van der Waals surface area (Å²) < 4.78 is 4.91. The molecule has 1 atom stereocenters. The SMILES string of the molecule is COCCNC(=O)CSc1ccccc1C(=O)NCCC1CCCNC1.Cl. The fourth-order valence-electron chi connectivity index (χ4n) is 2.92. The van der Waals surface area contributed by atoms with Gasteiger partial charge < -0.3 is 20.7 Å². The van der Waals surface area contributed by atoms with Crippen molar-refractivity contribution in [1.29, 1.82) is 0 Å². The fourth-order valence-corrected chi connectivity index (χ4v) is 3.80. The first-order valence-corrected chi connectivity index (χ1v) is 10.2. The van der Waals surface area contributed by atoms with Crippen LogP contribution in [-0.4, -0.2) is 57.5 Å². The zero-order valence-electron chi connectivity index (χ0n) is 15.8.